The summed E-state index contributed by atoms with van der Waals surface area (Å²) < 4.78 is 7.06. The Morgan fingerprint density at radius 3 is 2.84 bits per heavy atom. The van der Waals surface area contributed by atoms with Gasteiger partial charge in [0.1, 0.15) is 5.75 Å². The number of ether oxygens (including phenoxy) is 1. The van der Waals surface area contributed by atoms with Crippen molar-refractivity contribution in [1.29, 1.82) is 0 Å². The van der Waals surface area contributed by atoms with Crippen LogP contribution in [0.25, 0.3) is 11.0 Å². The van der Waals surface area contributed by atoms with Gasteiger partial charge in [-0.05, 0) is 49.1 Å². The van der Waals surface area contributed by atoms with E-state index in [4.69, 9.17) is 22.1 Å². The number of anilines is 1. The molecular weight excluding hydrogens is 430 g/mol. The predicted molar refractivity (Wildman–Crippen MR) is 127 cm³/mol. The minimum atomic E-state index is -0.488. The molecule has 0 spiro atoms. The number of nitrogens with one attached hydrogen (secondary N) is 2. The predicted octanol–water partition coefficient (Wildman–Crippen LogP) is 4.27. The maximum Gasteiger partial charge on any atom is 0.326 e. The van der Waals surface area contributed by atoms with Gasteiger partial charge in [0.05, 0.1) is 34.9 Å². The zero-order valence-corrected chi connectivity index (χ0v) is 19.0. The number of aromatic amines is 1. The molecule has 0 bridgehead atoms. The number of rotatable bonds is 6. The van der Waals surface area contributed by atoms with Crippen LogP contribution in [0.5, 0.6) is 5.75 Å². The van der Waals surface area contributed by atoms with Crippen LogP contribution >= 0.6 is 11.6 Å². The first-order valence-electron chi connectivity index (χ1n) is 10.8. The summed E-state index contributed by atoms with van der Waals surface area (Å²) in [4.78, 5) is 29.8. The van der Waals surface area contributed by atoms with Gasteiger partial charge >= 0.3 is 11.7 Å². The van der Waals surface area contributed by atoms with Gasteiger partial charge in [-0.1, -0.05) is 30.7 Å². The molecule has 0 aliphatic carbocycles. The number of nitrogens with two attached hydrogens (primary N) is 1. The highest BCUT2D eigenvalue weighted by Gasteiger charge is 2.34. The van der Waals surface area contributed by atoms with Crippen LogP contribution in [-0.4, -0.2) is 40.7 Å². The number of methoxy groups -OCH3 is 1. The van der Waals surface area contributed by atoms with Gasteiger partial charge in [-0.2, -0.15) is 0 Å². The molecule has 1 fully saturated rings. The van der Waals surface area contributed by atoms with Crippen molar-refractivity contribution in [3.05, 3.63) is 57.5 Å². The summed E-state index contributed by atoms with van der Waals surface area (Å²) in [6.45, 7) is 3.37. The number of imidazole rings is 1. The number of urea groups is 1. The topological polar surface area (TPSA) is 105 Å². The normalized spacial score (nSPS) is 18.7. The lowest BCUT2D eigenvalue weighted by Gasteiger charge is -2.39. The number of likely N-dealkylation sites (tertiary alicyclic amines) is 1. The van der Waals surface area contributed by atoms with Crippen molar-refractivity contribution in [2.75, 3.05) is 25.5 Å². The number of primary amides is 1. The van der Waals surface area contributed by atoms with Gasteiger partial charge in [0, 0.05) is 19.1 Å². The van der Waals surface area contributed by atoms with Crippen molar-refractivity contribution in [2.45, 2.75) is 38.3 Å². The molecule has 2 heterocycles. The molecule has 3 aromatic rings. The average Bonchev–Trinajstić information content (AvgIpc) is 3.13. The number of hydrogen-bond acceptors (Lipinski definition) is 4. The van der Waals surface area contributed by atoms with E-state index in [0.29, 0.717) is 30.2 Å². The molecule has 1 aliphatic rings. The molecule has 2 aromatic carbocycles. The molecule has 0 saturated carbocycles. The maximum absolute atomic E-state index is 13.0. The van der Waals surface area contributed by atoms with Gasteiger partial charge in [0.25, 0.3) is 0 Å². The lowest BCUT2D eigenvalue weighted by molar-refractivity contribution is 0.136. The fourth-order valence-corrected chi connectivity index (χ4v) is 4.84. The maximum atomic E-state index is 13.0. The molecule has 9 heteroatoms. The van der Waals surface area contributed by atoms with E-state index in [1.54, 1.807) is 24.1 Å². The van der Waals surface area contributed by atoms with Crippen molar-refractivity contribution in [3.8, 4) is 5.75 Å². The molecule has 1 saturated heterocycles. The molecule has 2 atom stereocenters. The second-order valence-corrected chi connectivity index (χ2v) is 8.45. The van der Waals surface area contributed by atoms with Crippen LogP contribution in [0, 0.1) is 0 Å². The van der Waals surface area contributed by atoms with Crippen LogP contribution in [0.15, 0.2) is 41.2 Å². The quantitative estimate of drug-likeness (QED) is 0.514. The molecule has 4 rings (SSSR count). The lowest BCUT2D eigenvalue weighted by Crippen LogP contribution is -2.45. The minimum absolute atomic E-state index is 0.0980. The third kappa shape index (κ3) is 4.02. The number of halogens is 1. The fourth-order valence-electron chi connectivity index (χ4n) is 4.57. The van der Waals surface area contributed by atoms with Crippen molar-refractivity contribution < 1.29 is 9.53 Å². The summed E-state index contributed by atoms with van der Waals surface area (Å²) in [5, 5.41) is 3.84. The number of para-hydroxylation sites is 1. The summed E-state index contributed by atoms with van der Waals surface area (Å²) in [6.07, 6.45) is 2.16. The van der Waals surface area contributed by atoms with E-state index >= 15 is 0 Å². The van der Waals surface area contributed by atoms with E-state index in [0.717, 1.165) is 35.2 Å². The first-order valence-corrected chi connectivity index (χ1v) is 11.2. The van der Waals surface area contributed by atoms with E-state index in [9.17, 15) is 9.59 Å². The zero-order chi connectivity index (χ0) is 22.8. The zero-order valence-electron chi connectivity index (χ0n) is 18.2. The fraction of sp³-hybridized carbons (Fsp3) is 0.391. The number of H-pyrrole nitrogens is 1. The van der Waals surface area contributed by atoms with Gasteiger partial charge in [-0.15, -0.1) is 0 Å². The van der Waals surface area contributed by atoms with E-state index < -0.39 is 6.03 Å². The molecular formula is C23H28ClN5O3. The van der Waals surface area contributed by atoms with E-state index in [-0.39, 0.29) is 17.8 Å². The smallest absolute Gasteiger partial charge is 0.326 e. The van der Waals surface area contributed by atoms with Gasteiger partial charge in [0.2, 0.25) is 0 Å². The van der Waals surface area contributed by atoms with Gasteiger partial charge in [0.15, 0.2) is 0 Å². The van der Waals surface area contributed by atoms with Gasteiger partial charge < -0.3 is 25.7 Å². The number of amides is 2. The first-order chi connectivity index (χ1) is 15.4. The lowest BCUT2D eigenvalue weighted by atomic mass is 9.91. The highest BCUT2D eigenvalue weighted by molar-refractivity contribution is 6.32. The number of nitrogens with zero attached hydrogens (tertiary/aromatic N) is 2. The largest absolute Gasteiger partial charge is 0.495 e. The van der Waals surface area contributed by atoms with Crippen LogP contribution in [-0.2, 0) is 0 Å². The van der Waals surface area contributed by atoms with Crippen LogP contribution in [0.2, 0.25) is 5.02 Å². The second-order valence-electron chi connectivity index (χ2n) is 8.05. The summed E-state index contributed by atoms with van der Waals surface area (Å²) >= 11 is 6.35. The molecule has 1 aromatic heterocycles. The van der Waals surface area contributed by atoms with Crippen LogP contribution in [0.3, 0.4) is 0 Å². The third-order valence-electron chi connectivity index (χ3n) is 6.10. The number of aromatic nitrogens is 2. The molecule has 0 radical (unpaired) electrons. The number of piperidine rings is 1. The second kappa shape index (κ2) is 9.16. The van der Waals surface area contributed by atoms with Gasteiger partial charge in [-0.25, -0.2) is 9.59 Å². The monoisotopic (exact) mass is 457 g/mol. The molecule has 32 heavy (non-hydrogen) atoms. The van der Waals surface area contributed by atoms with Gasteiger partial charge in [-0.3, -0.25) is 4.57 Å². The van der Waals surface area contributed by atoms with Crippen molar-refractivity contribution in [1.82, 2.24) is 14.5 Å². The molecule has 4 N–H and O–H groups in total. The van der Waals surface area contributed by atoms with Crippen molar-refractivity contribution in [2.24, 2.45) is 5.73 Å². The Hall–Kier alpha value is -3.13. The summed E-state index contributed by atoms with van der Waals surface area (Å²) in [7, 11) is 1.56. The third-order valence-corrected chi connectivity index (χ3v) is 6.40. The first kappa shape index (κ1) is 22.1. The Labute approximate surface area is 191 Å². The Kier molecular flexibility index (Phi) is 6.32. The Bertz CT molecular complexity index is 1190. The highest BCUT2D eigenvalue weighted by Crippen LogP contribution is 2.39. The van der Waals surface area contributed by atoms with Crippen LogP contribution in [0.1, 0.15) is 43.8 Å². The minimum Gasteiger partial charge on any atom is -0.495 e. The molecule has 2 amide bonds. The SMILES string of the molecule is CCCNc1cccc2c1[nH]c(=O)n2C1CCN(C(N)=O)C(c2ccc(OC)c(Cl)c2)C1. The number of carbonyl (C=O) groups is 1. The van der Waals surface area contributed by atoms with Crippen LogP contribution < -0.4 is 21.5 Å². The number of hydrogen-bond donors (Lipinski definition) is 3. The standard InChI is InChI=1S/C23H28ClN5O3/c1-3-10-26-17-5-4-6-18-21(17)27-23(31)29(18)15-9-11-28(22(25)30)19(13-15)14-7-8-20(32-2)16(24)12-14/h4-8,12,15,19,26H,3,9-11,13H2,1-2H3,(H2,25,30)(H,27,31). The number of benzene rings is 2. The number of fused-ring (bicyclic) bond motifs is 1. The Morgan fingerprint density at radius 1 is 1.34 bits per heavy atom. The molecule has 8 nitrogen and oxygen atoms in total. The summed E-state index contributed by atoms with van der Waals surface area (Å²) in [5.74, 6) is 0.563. The van der Waals surface area contributed by atoms with E-state index in [2.05, 4.69) is 17.2 Å². The average molecular weight is 458 g/mol. The number of carbonyl (C=O) groups excluding carboxylic acids is 1. The van der Waals surface area contributed by atoms with E-state index in [1.165, 1.54) is 0 Å². The highest BCUT2D eigenvalue weighted by atomic mass is 35.5. The Balaban J connectivity index is 1.72. The molecule has 170 valence electrons. The Morgan fingerprint density at radius 2 is 2.16 bits per heavy atom. The van der Waals surface area contributed by atoms with E-state index in [1.807, 2.05) is 28.8 Å². The molecule has 2 unspecified atom stereocenters. The molecule has 1 aliphatic heterocycles. The van der Waals surface area contributed by atoms with Crippen LogP contribution in [0.4, 0.5) is 10.5 Å². The summed E-state index contributed by atoms with van der Waals surface area (Å²) in [6, 6.07) is 10.4. The van der Waals surface area contributed by atoms with Crippen molar-refractivity contribution >= 4 is 34.4 Å². The van der Waals surface area contributed by atoms with Crippen molar-refractivity contribution in [3.63, 3.8) is 0 Å². The summed E-state index contributed by atoms with van der Waals surface area (Å²) in [5.41, 5.74) is 8.94.